The monoisotopic (exact) mass is 349 g/mol. The molecule has 3 heterocycles. The van der Waals surface area contributed by atoms with Crippen molar-refractivity contribution < 1.29 is 9.53 Å². The van der Waals surface area contributed by atoms with Gasteiger partial charge in [-0.25, -0.2) is 4.79 Å². The highest BCUT2D eigenvalue weighted by Crippen LogP contribution is 2.34. The molecule has 0 atom stereocenters. The van der Waals surface area contributed by atoms with Crippen LogP contribution in [0.5, 0.6) is 0 Å². The van der Waals surface area contributed by atoms with Crippen LogP contribution < -0.4 is 0 Å². The summed E-state index contributed by atoms with van der Waals surface area (Å²) in [5.41, 5.74) is 4.55. The van der Waals surface area contributed by atoms with Crippen LogP contribution in [-0.2, 0) is 4.74 Å². The van der Waals surface area contributed by atoms with Gasteiger partial charge < -0.3 is 14.2 Å². The van der Waals surface area contributed by atoms with Crippen LogP contribution in [0.15, 0.2) is 54.7 Å². The summed E-state index contributed by atoms with van der Waals surface area (Å²) in [6.07, 6.45) is 3.47. The van der Waals surface area contributed by atoms with E-state index in [9.17, 15) is 4.79 Å². The van der Waals surface area contributed by atoms with Gasteiger partial charge in [0.15, 0.2) is 0 Å². The fraction of sp³-hybridized carbons (Fsp3) is 0.333. The third kappa shape index (κ3) is 3.05. The number of piperidine rings is 1. The number of likely N-dealkylation sites (tertiary alicyclic amines) is 1. The lowest BCUT2D eigenvalue weighted by molar-refractivity contribution is 0.0932. The summed E-state index contributed by atoms with van der Waals surface area (Å²) >= 11 is 0. The van der Waals surface area contributed by atoms with Crippen molar-refractivity contribution in [3.63, 3.8) is 0 Å². The smallest absolute Gasteiger partial charge is 0.409 e. The van der Waals surface area contributed by atoms with Crippen molar-refractivity contribution in [3.8, 4) is 11.3 Å². The normalized spacial score (nSPS) is 15.3. The van der Waals surface area contributed by atoms with Crippen molar-refractivity contribution in [2.45, 2.75) is 25.8 Å². The highest BCUT2D eigenvalue weighted by Gasteiger charge is 2.27. The number of ether oxygens (including phenoxy) is 1. The number of amides is 1. The van der Waals surface area contributed by atoms with Crippen LogP contribution in [0.3, 0.4) is 0 Å². The summed E-state index contributed by atoms with van der Waals surface area (Å²) in [7, 11) is 0. The van der Waals surface area contributed by atoms with Crippen molar-refractivity contribution >= 4 is 17.1 Å². The number of carbonyl (C=O) groups is 1. The van der Waals surface area contributed by atoms with Crippen molar-refractivity contribution in [2.24, 2.45) is 0 Å². The first-order valence-corrected chi connectivity index (χ1v) is 9.21. The number of fused-ring (bicyclic) bond motifs is 1. The molecule has 5 heteroatoms. The maximum absolute atomic E-state index is 12.0. The zero-order valence-corrected chi connectivity index (χ0v) is 15.0. The quantitative estimate of drug-likeness (QED) is 0.699. The number of pyridine rings is 1. The third-order valence-corrected chi connectivity index (χ3v) is 5.03. The van der Waals surface area contributed by atoms with E-state index >= 15 is 0 Å². The molecule has 0 bridgehead atoms. The zero-order chi connectivity index (χ0) is 17.9. The summed E-state index contributed by atoms with van der Waals surface area (Å²) in [6, 6.07) is 17.1. The van der Waals surface area contributed by atoms with Gasteiger partial charge in [0, 0.05) is 25.3 Å². The van der Waals surface area contributed by atoms with E-state index in [4.69, 9.17) is 4.74 Å². The molecule has 0 unspecified atom stereocenters. The first-order valence-electron chi connectivity index (χ1n) is 9.21. The Labute approximate surface area is 153 Å². The van der Waals surface area contributed by atoms with E-state index in [0.717, 1.165) is 37.0 Å². The number of benzene rings is 1. The molecule has 1 amide bonds. The van der Waals surface area contributed by atoms with Crippen molar-refractivity contribution in [1.82, 2.24) is 14.5 Å². The van der Waals surface area contributed by atoms with E-state index in [1.165, 1.54) is 11.3 Å². The molecule has 2 aromatic heterocycles. The fourth-order valence-corrected chi connectivity index (χ4v) is 3.80. The van der Waals surface area contributed by atoms with Gasteiger partial charge in [-0.15, -0.1) is 0 Å². The van der Waals surface area contributed by atoms with E-state index in [2.05, 4.69) is 45.9 Å². The topological polar surface area (TPSA) is 47.4 Å². The van der Waals surface area contributed by atoms with Gasteiger partial charge in [0.1, 0.15) is 0 Å². The van der Waals surface area contributed by atoms with E-state index in [0.29, 0.717) is 12.6 Å². The summed E-state index contributed by atoms with van der Waals surface area (Å²) < 4.78 is 7.54. The van der Waals surface area contributed by atoms with Gasteiger partial charge in [0.2, 0.25) is 0 Å². The average molecular weight is 349 g/mol. The predicted molar refractivity (Wildman–Crippen MR) is 102 cm³/mol. The van der Waals surface area contributed by atoms with E-state index in [1.54, 1.807) is 0 Å². The van der Waals surface area contributed by atoms with Gasteiger partial charge in [-0.05, 0) is 43.5 Å². The minimum absolute atomic E-state index is 0.201. The molecule has 5 nitrogen and oxygen atoms in total. The highest BCUT2D eigenvalue weighted by atomic mass is 16.6. The molecule has 1 aromatic carbocycles. The second-order valence-electron chi connectivity index (χ2n) is 6.59. The predicted octanol–water partition coefficient (Wildman–Crippen LogP) is 4.50. The van der Waals surface area contributed by atoms with Crippen molar-refractivity contribution in [2.75, 3.05) is 19.7 Å². The highest BCUT2D eigenvalue weighted by molar-refractivity contribution is 5.84. The molecule has 0 saturated carbocycles. The Morgan fingerprint density at radius 1 is 1.15 bits per heavy atom. The molecule has 1 fully saturated rings. The number of nitrogens with zero attached hydrogens (tertiary/aromatic N) is 3. The van der Waals surface area contributed by atoms with Crippen LogP contribution in [0, 0.1) is 0 Å². The number of rotatable bonds is 3. The molecule has 0 N–H and O–H groups in total. The van der Waals surface area contributed by atoms with Crippen molar-refractivity contribution in [1.29, 1.82) is 0 Å². The minimum atomic E-state index is -0.201. The maximum Gasteiger partial charge on any atom is 0.409 e. The Kier molecular flexibility index (Phi) is 4.61. The summed E-state index contributed by atoms with van der Waals surface area (Å²) in [5.74, 6) is 0. The van der Waals surface area contributed by atoms with Gasteiger partial charge in [0.25, 0.3) is 0 Å². The molecular formula is C21H23N3O2. The Morgan fingerprint density at radius 2 is 1.92 bits per heavy atom. The van der Waals surface area contributed by atoms with Gasteiger partial charge in [-0.1, -0.05) is 30.3 Å². The molecule has 134 valence electrons. The fourth-order valence-electron chi connectivity index (χ4n) is 3.80. The molecule has 1 saturated heterocycles. The molecule has 0 aliphatic carbocycles. The van der Waals surface area contributed by atoms with Gasteiger partial charge >= 0.3 is 6.09 Å². The molecule has 1 aliphatic heterocycles. The van der Waals surface area contributed by atoms with Crippen LogP contribution in [0.2, 0.25) is 0 Å². The SMILES string of the molecule is CCOC(=O)N1CCC(n2c(-c3ccccc3)cc3ncccc32)CC1. The maximum atomic E-state index is 12.0. The summed E-state index contributed by atoms with van der Waals surface area (Å²) in [5, 5.41) is 0. The average Bonchev–Trinajstić information content (AvgIpc) is 3.08. The van der Waals surface area contributed by atoms with Crippen LogP contribution in [-0.4, -0.2) is 40.2 Å². The Bertz CT molecular complexity index is 896. The lowest BCUT2D eigenvalue weighted by Gasteiger charge is -2.33. The number of aromatic nitrogens is 2. The summed E-state index contributed by atoms with van der Waals surface area (Å²) in [4.78, 5) is 18.3. The molecule has 0 radical (unpaired) electrons. The molecular weight excluding hydrogens is 326 g/mol. The van der Waals surface area contributed by atoms with Gasteiger partial charge in [-0.3, -0.25) is 4.98 Å². The Hall–Kier alpha value is -2.82. The molecule has 0 spiro atoms. The van der Waals surface area contributed by atoms with E-state index in [-0.39, 0.29) is 6.09 Å². The van der Waals surface area contributed by atoms with Crippen LogP contribution in [0.25, 0.3) is 22.3 Å². The van der Waals surface area contributed by atoms with Gasteiger partial charge in [0.05, 0.1) is 23.3 Å². The van der Waals surface area contributed by atoms with Crippen LogP contribution in [0.4, 0.5) is 4.79 Å². The summed E-state index contributed by atoms with van der Waals surface area (Å²) in [6.45, 7) is 3.70. The minimum Gasteiger partial charge on any atom is -0.450 e. The number of hydrogen-bond acceptors (Lipinski definition) is 3. The van der Waals surface area contributed by atoms with Crippen LogP contribution in [0.1, 0.15) is 25.8 Å². The lowest BCUT2D eigenvalue weighted by atomic mass is 10.0. The third-order valence-electron chi connectivity index (χ3n) is 5.03. The Balaban J connectivity index is 1.67. The molecule has 4 rings (SSSR count). The second-order valence-corrected chi connectivity index (χ2v) is 6.59. The molecule has 26 heavy (non-hydrogen) atoms. The van der Waals surface area contributed by atoms with Crippen molar-refractivity contribution in [3.05, 3.63) is 54.7 Å². The number of hydrogen-bond donors (Lipinski definition) is 0. The first kappa shape index (κ1) is 16.6. The zero-order valence-electron chi connectivity index (χ0n) is 15.0. The first-order chi connectivity index (χ1) is 12.8. The van der Waals surface area contributed by atoms with Gasteiger partial charge in [-0.2, -0.15) is 0 Å². The number of carbonyl (C=O) groups excluding carboxylic acids is 1. The largest absolute Gasteiger partial charge is 0.450 e. The second kappa shape index (κ2) is 7.20. The lowest BCUT2D eigenvalue weighted by Crippen LogP contribution is -2.39. The standard InChI is InChI=1S/C21H23N3O2/c1-2-26-21(25)23-13-10-17(11-14-23)24-19-9-6-12-22-18(19)15-20(24)16-7-4-3-5-8-16/h3-9,12,15,17H,2,10-11,13-14H2,1H3. The Morgan fingerprint density at radius 3 is 2.65 bits per heavy atom. The van der Waals surface area contributed by atoms with E-state index in [1.807, 2.05) is 30.2 Å². The van der Waals surface area contributed by atoms with E-state index < -0.39 is 0 Å². The molecule has 3 aromatic rings. The molecule has 1 aliphatic rings. The van der Waals surface area contributed by atoms with Crippen LogP contribution >= 0.6 is 0 Å².